The molecule has 0 aromatic carbocycles. The molecule has 0 amide bonds. The van der Waals surface area contributed by atoms with Gasteiger partial charge < -0.3 is 14.8 Å². The molecule has 0 rings (SSSR count). The van der Waals surface area contributed by atoms with Crippen LogP contribution in [-0.2, 0) is 14.3 Å². The van der Waals surface area contributed by atoms with Crippen molar-refractivity contribution in [2.45, 2.75) is 19.4 Å². The number of esters is 1. The van der Waals surface area contributed by atoms with E-state index in [1.807, 2.05) is 0 Å². The van der Waals surface area contributed by atoms with Gasteiger partial charge in [-0.3, -0.25) is 0 Å². The van der Waals surface area contributed by atoms with Crippen LogP contribution in [0.1, 0.15) is 13.3 Å². The van der Waals surface area contributed by atoms with Crippen LogP contribution < -0.4 is 5.32 Å². The van der Waals surface area contributed by atoms with E-state index in [1.165, 1.54) is 7.11 Å². The molecule has 1 atom stereocenters. The van der Waals surface area contributed by atoms with Crippen molar-refractivity contribution in [3.8, 4) is 0 Å². The molecule has 0 saturated carbocycles. The van der Waals surface area contributed by atoms with Crippen LogP contribution in [0.3, 0.4) is 0 Å². The molecule has 0 fully saturated rings. The van der Waals surface area contributed by atoms with E-state index < -0.39 is 0 Å². The van der Waals surface area contributed by atoms with E-state index in [-0.39, 0.29) is 12.0 Å². The Morgan fingerprint density at radius 2 is 2.15 bits per heavy atom. The van der Waals surface area contributed by atoms with E-state index in [9.17, 15) is 4.79 Å². The molecule has 4 nitrogen and oxygen atoms in total. The third-order valence-electron chi connectivity index (χ3n) is 1.58. The summed E-state index contributed by atoms with van der Waals surface area (Å²) >= 11 is 0. The second-order valence-electron chi connectivity index (χ2n) is 2.74. The maximum atomic E-state index is 11.0. The normalized spacial score (nSPS) is 11.9. The highest BCUT2D eigenvalue weighted by Crippen LogP contribution is 1.96. The lowest BCUT2D eigenvalue weighted by molar-refractivity contribution is -0.142. The van der Waals surface area contributed by atoms with E-state index in [0.29, 0.717) is 13.0 Å². The van der Waals surface area contributed by atoms with Gasteiger partial charge in [-0.05, 0) is 6.92 Å². The Bertz CT molecular complexity index is 180. The predicted molar refractivity (Wildman–Crippen MR) is 50.2 cm³/mol. The quantitative estimate of drug-likeness (QED) is 0.621. The highest BCUT2D eigenvalue weighted by atomic mass is 16.5. The van der Waals surface area contributed by atoms with E-state index in [1.54, 1.807) is 14.0 Å². The minimum Gasteiger partial charge on any atom is -0.467 e. The highest BCUT2D eigenvalue weighted by molar-refractivity contribution is 5.75. The van der Waals surface area contributed by atoms with Gasteiger partial charge in [0, 0.05) is 19.2 Å². The van der Waals surface area contributed by atoms with Crippen molar-refractivity contribution in [2.75, 3.05) is 20.8 Å². The van der Waals surface area contributed by atoms with Crippen molar-refractivity contribution in [3.05, 3.63) is 12.3 Å². The number of nitrogens with one attached hydrogen (secondary N) is 1. The summed E-state index contributed by atoms with van der Waals surface area (Å²) in [6.45, 7) is 6.07. The van der Waals surface area contributed by atoms with Crippen molar-refractivity contribution in [2.24, 2.45) is 0 Å². The van der Waals surface area contributed by atoms with Gasteiger partial charge in [0.05, 0.1) is 13.7 Å². The van der Waals surface area contributed by atoms with Crippen LogP contribution in [0.5, 0.6) is 0 Å². The summed E-state index contributed by atoms with van der Waals surface area (Å²) < 4.78 is 9.41. The zero-order chi connectivity index (χ0) is 10.3. The summed E-state index contributed by atoms with van der Waals surface area (Å²) in [5, 5.41) is 2.92. The Morgan fingerprint density at radius 1 is 1.54 bits per heavy atom. The molecule has 0 radical (unpaired) electrons. The Kier molecular flexibility index (Phi) is 5.97. The third-order valence-corrected chi connectivity index (χ3v) is 1.58. The highest BCUT2D eigenvalue weighted by Gasteiger charge is 2.12. The largest absolute Gasteiger partial charge is 0.467 e. The van der Waals surface area contributed by atoms with Gasteiger partial charge in [0.1, 0.15) is 6.04 Å². The van der Waals surface area contributed by atoms with Gasteiger partial charge in [-0.2, -0.15) is 0 Å². The number of hydrogen-bond acceptors (Lipinski definition) is 4. The average Bonchev–Trinajstić information content (AvgIpc) is 2.13. The Hall–Kier alpha value is -1.03. The first-order chi connectivity index (χ1) is 6.11. The fraction of sp³-hybridized carbons (Fsp3) is 0.667. The molecule has 4 heteroatoms. The minimum absolute atomic E-state index is 0.293. The predicted octanol–water partition coefficient (Wildman–Crippen LogP) is 0.688. The molecule has 0 aliphatic carbocycles. The second-order valence-corrected chi connectivity index (χ2v) is 2.74. The Balaban J connectivity index is 3.71. The minimum atomic E-state index is -0.352. The molecule has 0 aliphatic heterocycles. The lowest BCUT2D eigenvalue weighted by atomic mass is 10.3. The van der Waals surface area contributed by atoms with Crippen molar-refractivity contribution >= 4 is 5.97 Å². The molecule has 0 aromatic heterocycles. The van der Waals surface area contributed by atoms with E-state index in [0.717, 1.165) is 5.70 Å². The molecule has 0 aromatic rings. The number of carbonyl (C=O) groups excluding carboxylic acids is 1. The maximum absolute atomic E-state index is 11.0. The summed E-state index contributed by atoms with van der Waals surface area (Å²) in [6.07, 6.45) is 0.692. The summed E-state index contributed by atoms with van der Waals surface area (Å²) in [6, 6.07) is -0.352. The molecule has 13 heavy (non-hydrogen) atoms. The van der Waals surface area contributed by atoms with Crippen molar-refractivity contribution in [1.82, 2.24) is 5.32 Å². The topological polar surface area (TPSA) is 47.6 Å². The molecule has 1 N–H and O–H groups in total. The van der Waals surface area contributed by atoms with E-state index >= 15 is 0 Å². The van der Waals surface area contributed by atoms with Crippen molar-refractivity contribution < 1.29 is 14.3 Å². The first-order valence-electron chi connectivity index (χ1n) is 4.13. The fourth-order valence-electron chi connectivity index (χ4n) is 0.839. The number of carbonyl (C=O) groups is 1. The van der Waals surface area contributed by atoms with Gasteiger partial charge in [0.25, 0.3) is 0 Å². The zero-order valence-electron chi connectivity index (χ0n) is 8.42. The third kappa shape index (κ3) is 5.25. The Labute approximate surface area is 78.9 Å². The summed E-state index contributed by atoms with van der Waals surface area (Å²) in [7, 11) is 2.98. The zero-order valence-corrected chi connectivity index (χ0v) is 8.42. The monoisotopic (exact) mass is 187 g/mol. The second kappa shape index (κ2) is 6.48. The molecule has 0 heterocycles. The van der Waals surface area contributed by atoms with Gasteiger partial charge in [-0.1, -0.05) is 6.58 Å². The van der Waals surface area contributed by atoms with Crippen LogP contribution in [0.15, 0.2) is 12.3 Å². The summed E-state index contributed by atoms with van der Waals surface area (Å²) in [4.78, 5) is 11.0. The summed E-state index contributed by atoms with van der Waals surface area (Å²) in [5.74, 6) is -0.293. The average molecular weight is 187 g/mol. The van der Waals surface area contributed by atoms with Gasteiger partial charge in [0.15, 0.2) is 0 Å². The van der Waals surface area contributed by atoms with Gasteiger partial charge >= 0.3 is 5.97 Å². The van der Waals surface area contributed by atoms with Crippen molar-refractivity contribution in [3.63, 3.8) is 0 Å². The lowest BCUT2D eigenvalue weighted by Gasteiger charge is -2.14. The Morgan fingerprint density at radius 3 is 2.62 bits per heavy atom. The first kappa shape index (κ1) is 12.0. The van der Waals surface area contributed by atoms with Crippen LogP contribution in [0.4, 0.5) is 0 Å². The first-order valence-corrected chi connectivity index (χ1v) is 4.13. The number of methoxy groups -OCH3 is 2. The van der Waals surface area contributed by atoms with Crippen LogP contribution in [-0.4, -0.2) is 32.8 Å². The lowest BCUT2D eigenvalue weighted by Crippen LogP contribution is -2.34. The van der Waals surface area contributed by atoms with Gasteiger partial charge in [-0.25, -0.2) is 4.79 Å². The fourth-order valence-corrected chi connectivity index (χ4v) is 0.839. The van der Waals surface area contributed by atoms with Gasteiger partial charge in [0.2, 0.25) is 0 Å². The molecule has 0 saturated heterocycles. The SMILES string of the molecule is C=C(CCOC)NC(C)C(=O)OC. The standard InChI is InChI=1S/C9H17NO3/c1-7(5-6-12-3)10-8(2)9(11)13-4/h8,10H,1,5-6H2,2-4H3. The molecular formula is C9H17NO3. The molecule has 0 aliphatic rings. The number of hydrogen-bond donors (Lipinski definition) is 1. The maximum Gasteiger partial charge on any atom is 0.327 e. The van der Waals surface area contributed by atoms with Gasteiger partial charge in [-0.15, -0.1) is 0 Å². The van der Waals surface area contributed by atoms with E-state index in [2.05, 4.69) is 16.6 Å². The van der Waals surface area contributed by atoms with Crippen molar-refractivity contribution in [1.29, 1.82) is 0 Å². The molecule has 0 spiro atoms. The van der Waals surface area contributed by atoms with E-state index in [4.69, 9.17) is 4.74 Å². The summed E-state index contributed by atoms with van der Waals surface area (Å²) in [5.41, 5.74) is 0.778. The molecular weight excluding hydrogens is 170 g/mol. The number of rotatable bonds is 6. The van der Waals surface area contributed by atoms with Crippen LogP contribution in [0.2, 0.25) is 0 Å². The molecule has 0 bridgehead atoms. The van der Waals surface area contributed by atoms with Crippen LogP contribution in [0.25, 0.3) is 0 Å². The molecule has 76 valence electrons. The molecule has 1 unspecified atom stereocenters. The number of ether oxygens (including phenoxy) is 2. The smallest absolute Gasteiger partial charge is 0.327 e. The van der Waals surface area contributed by atoms with Crippen LogP contribution in [0, 0.1) is 0 Å². The van der Waals surface area contributed by atoms with Crippen LogP contribution >= 0.6 is 0 Å².